The summed E-state index contributed by atoms with van der Waals surface area (Å²) in [7, 11) is 1.56. The molecule has 0 amide bonds. The third kappa shape index (κ3) is 2.56. The number of rotatable bonds is 2. The van der Waals surface area contributed by atoms with Crippen LogP contribution in [0.5, 0.6) is 0 Å². The van der Waals surface area contributed by atoms with Gasteiger partial charge in [0.2, 0.25) is 0 Å². The van der Waals surface area contributed by atoms with Crippen LogP contribution < -0.4 is 0 Å². The van der Waals surface area contributed by atoms with Crippen LogP contribution in [-0.2, 0) is 19.7 Å². The number of ether oxygens (including phenoxy) is 1. The Morgan fingerprint density at radius 1 is 1.36 bits per heavy atom. The molecular formula is C18H18O4. The zero-order chi connectivity index (χ0) is 16.5. The third-order valence-corrected chi connectivity index (χ3v) is 3.78. The summed E-state index contributed by atoms with van der Waals surface area (Å²) in [5.41, 5.74) is 0.893. The van der Waals surface area contributed by atoms with Gasteiger partial charge < -0.3 is 9.84 Å². The number of carbonyl (C=O) groups is 2. The monoisotopic (exact) mass is 298 g/mol. The van der Waals surface area contributed by atoms with Crippen molar-refractivity contribution in [3.63, 3.8) is 0 Å². The Morgan fingerprint density at radius 2 is 2.05 bits per heavy atom. The number of hydrogen-bond donors (Lipinski definition) is 1. The molecule has 0 bridgehead atoms. The molecule has 1 aliphatic carbocycles. The Hall–Kier alpha value is -2.38. The lowest BCUT2D eigenvalue weighted by Gasteiger charge is -2.31. The fourth-order valence-electron chi connectivity index (χ4n) is 2.56. The van der Waals surface area contributed by atoms with E-state index < -0.39 is 11.2 Å². The number of aliphatic hydroxyl groups is 1. The van der Waals surface area contributed by atoms with E-state index in [1.165, 1.54) is 6.92 Å². The van der Waals surface area contributed by atoms with Gasteiger partial charge in [0, 0.05) is 18.2 Å². The molecule has 0 spiro atoms. The lowest BCUT2D eigenvalue weighted by Crippen LogP contribution is -2.37. The van der Waals surface area contributed by atoms with Crippen molar-refractivity contribution in [1.29, 1.82) is 0 Å². The van der Waals surface area contributed by atoms with Gasteiger partial charge in [-0.15, -0.1) is 0 Å². The molecule has 1 aromatic carbocycles. The highest BCUT2D eigenvalue weighted by Gasteiger charge is 2.42. The summed E-state index contributed by atoms with van der Waals surface area (Å²) in [5, 5.41) is 10.3. The van der Waals surface area contributed by atoms with Crippen molar-refractivity contribution in [1.82, 2.24) is 0 Å². The highest BCUT2D eigenvalue weighted by Crippen LogP contribution is 2.39. The van der Waals surface area contributed by atoms with E-state index in [1.54, 1.807) is 39.2 Å². The van der Waals surface area contributed by atoms with Gasteiger partial charge in [0.1, 0.15) is 17.9 Å². The van der Waals surface area contributed by atoms with E-state index in [9.17, 15) is 14.7 Å². The maximum atomic E-state index is 12.5. The first kappa shape index (κ1) is 16.0. The van der Waals surface area contributed by atoms with Crippen LogP contribution in [0.25, 0.3) is 5.76 Å². The molecule has 1 N–H and O–H groups in total. The molecule has 0 fully saturated rings. The third-order valence-electron chi connectivity index (χ3n) is 3.78. The first-order valence-electron chi connectivity index (χ1n) is 6.92. The van der Waals surface area contributed by atoms with E-state index in [1.807, 2.05) is 0 Å². The molecule has 0 radical (unpaired) electrons. The highest BCUT2D eigenvalue weighted by atomic mass is 16.5. The number of allylic oxidation sites excluding steroid dienone is 1. The normalized spacial score (nSPS) is 15.9. The standard InChI is InChI=1S/C18H18O4/c1-11(19)15-16(20)13-8-7-12(6-5-9-22-4)10-14(13)18(2,3)17(15)21/h7-8,10,20H,9H2,1-4H3. The smallest absolute Gasteiger partial charge is 0.180 e. The maximum absolute atomic E-state index is 12.5. The first-order chi connectivity index (χ1) is 10.3. The predicted octanol–water partition coefficient (Wildman–Crippen LogP) is 2.40. The number of Topliss-reactive ketones (excluding diaryl/α,β-unsaturated/α-hetero) is 2. The lowest BCUT2D eigenvalue weighted by atomic mass is 9.70. The molecule has 0 heterocycles. The Balaban J connectivity index is 2.64. The van der Waals surface area contributed by atoms with Gasteiger partial charge in [0.25, 0.3) is 0 Å². The number of ketones is 2. The van der Waals surface area contributed by atoms with Crippen molar-refractivity contribution < 1.29 is 19.4 Å². The van der Waals surface area contributed by atoms with Crippen molar-refractivity contribution in [3.8, 4) is 11.8 Å². The Kier molecular flexibility index (Phi) is 4.20. The molecule has 0 saturated heterocycles. The number of benzene rings is 1. The molecule has 4 nitrogen and oxygen atoms in total. The van der Waals surface area contributed by atoms with E-state index in [-0.39, 0.29) is 17.1 Å². The Bertz CT molecular complexity index is 742. The topological polar surface area (TPSA) is 63.6 Å². The lowest BCUT2D eigenvalue weighted by molar-refractivity contribution is -0.123. The summed E-state index contributed by atoms with van der Waals surface area (Å²) >= 11 is 0. The van der Waals surface area contributed by atoms with Crippen LogP contribution in [0, 0.1) is 11.8 Å². The zero-order valence-electron chi connectivity index (χ0n) is 13.1. The highest BCUT2D eigenvalue weighted by molar-refractivity contribution is 6.28. The van der Waals surface area contributed by atoms with Crippen molar-refractivity contribution in [3.05, 3.63) is 40.5 Å². The van der Waals surface area contributed by atoms with E-state index in [4.69, 9.17) is 4.74 Å². The van der Waals surface area contributed by atoms with Crippen molar-refractivity contribution >= 4 is 17.3 Å². The van der Waals surface area contributed by atoms with Crippen LogP contribution >= 0.6 is 0 Å². The molecule has 2 rings (SSSR count). The molecule has 0 saturated carbocycles. The maximum Gasteiger partial charge on any atom is 0.180 e. The quantitative estimate of drug-likeness (QED) is 0.672. The molecule has 0 unspecified atom stereocenters. The second kappa shape index (κ2) is 5.78. The molecule has 22 heavy (non-hydrogen) atoms. The summed E-state index contributed by atoms with van der Waals surface area (Å²) in [5.74, 6) is 4.75. The molecule has 0 atom stereocenters. The summed E-state index contributed by atoms with van der Waals surface area (Å²) in [6, 6.07) is 5.23. The first-order valence-corrected chi connectivity index (χ1v) is 6.92. The zero-order valence-corrected chi connectivity index (χ0v) is 13.1. The predicted molar refractivity (Wildman–Crippen MR) is 83.5 cm³/mol. The minimum Gasteiger partial charge on any atom is -0.506 e. The van der Waals surface area contributed by atoms with Gasteiger partial charge in [0.05, 0.1) is 5.41 Å². The van der Waals surface area contributed by atoms with Crippen LogP contribution in [0.2, 0.25) is 0 Å². The summed E-state index contributed by atoms with van der Waals surface area (Å²) in [6.07, 6.45) is 0. The SMILES string of the molecule is COCC#Cc1ccc2c(c1)C(C)(C)C(=O)C(C(C)=O)=C2O. The van der Waals surface area contributed by atoms with Gasteiger partial charge in [-0.2, -0.15) is 0 Å². The minimum atomic E-state index is -0.887. The van der Waals surface area contributed by atoms with Crippen molar-refractivity contribution in [2.75, 3.05) is 13.7 Å². The van der Waals surface area contributed by atoms with Gasteiger partial charge in [-0.05, 0) is 44.5 Å². The molecule has 1 aliphatic rings. The van der Waals surface area contributed by atoms with E-state index in [2.05, 4.69) is 11.8 Å². The number of methoxy groups -OCH3 is 1. The molecule has 114 valence electrons. The fraction of sp³-hybridized carbons (Fsp3) is 0.333. The average Bonchev–Trinajstić information content (AvgIpc) is 2.45. The van der Waals surface area contributed by atoms with Crippen LogP contribution in [0.1, 0.15) is 37.5 Å². The molecule has 0 aliphatic heterocycles. The van der Waals surface area contributed by atoms with Gasteiger partial charge in [-0.1, -0.05) is 11.8 Å². The minimum absolute atomic E-state index is 0.129. The number of fused-ring (bicyclic) bond motifs is 1. The Labute approximate surface area is 129 Å². The Morgan fingerprint density at radius 3 is 2.64 bits per heavy atom. The second-order valence-corrected chi connectivity index (χ2v) is 5.73. The molecule has 4 heteroatoms. The van der Waals surface area contributed by atoms with Gasteiger partial charge >= 0.3 is 0 Å². The van der Waals surface area contributed by atoms with E-state index in [0.717, 1.165) is 5.56 Å². The number of aliphatic hydroxyl groups excluding tert-OH is 1. The second-order valence-electron chi connectivity index (χ2n) is 5.73. The largest absolute Gasteiger partial charge is 0.506 e. The number of carbonyl (C=O) groups excluding carboxylic acids is 2. The van der Waals surface area contributed by atoms with Crippen molar-refractivity contribution in [2.45, 2.75) is 26.2 Å². The number of hydrogen-bond acceptors (Lipinski definition) is 4. The van der Waals surface area contributed by atoms with Crippen LogP contribution in [0.15, 0.2) is 23.8 Å². The molecule has 0 aromatic heterocycles. The van der Waals surface area contributed by atoms with E-state index >= 15 is 0 Å². The van der Waals surface area contributed by atoms with Crippen molar-refractivity contribution in [2.24, 2.45) is 0 Å². The van der Waals surface area contributed by atoms with Gasteiger partial charge in [0.15, 0.2) is 11.6 Å². The summed E-state index contributed by atoms with van der Waals surface area (Å²) < 4.78 is 4.88. The average molecular weight is 298 g/mol. The fourth-order valence-corrected chi connectivity index (χ4v) is 2.56. The van der Waals surface area contributed by atoms with Crippen LogP contribution in [0.3, 0.4) is 0 Å². The molecule has 1 aromatic rings. The van der Waals surface area contributed by atoms with Crippen LogP contribution in [-0.4, -0.2) is 30.4 Å². The van der Waals surface area contributed by atoms with Gasteiger partial charge in [-0.25, -0.2) is 0 Å². The summed E-state index contributed by atoms with van der Waals surface area (Å²) in [4.78, 5) is 24.2. The van der Waals surface area contributed by atoms with Gasteiger partial charge in [-0.3, -0.25) is 9.59 Å². The van der Waals surface area contributed by atoms with E-state index in [0.29, 0.717) is 17.7 Å². The molecular weight excluding hydrogens is 280 g/mol. The summed E-state index contributed by atoms with van der Waals surface area (Å²) in [6.45, 7) is 5.10. The van der Waals surface area contributed by atoms with Crippen LogP contribution in [0.4, 0.5) is 0 Å².